The number of carbonyl (C=O) groups is 4. The monoisotopic (exact) mass is 912 g/mol. The Kier molecular flexibility index (Phi) is 11.5. The van der Waals surface area contributed by atoms with Crippen molar-refractivity contribution in [1.82, 2.24) is 0 Å². The maximum absolute atomic E-state index is 15.7. The van der Waals surface area contributed by atoms with E-state index in [-0.39, 0.29) is 22.3 Å². The lowest BCUT2D eigenvalue weighted by molar-refractivity contribution is -0.200. The molecule has 1 fully saturated rings. The predicted molar refractivity (Wildman–Crippen MR) is 265 cm³/mol. The van der Waals surface area contributed by atoms with Crippen molar-refractivity contribution in [2.75, 3.05) is 0 Å². The highest BCUT2D eigenvalue weighted by Gasteiger charge is 2.91. The van der Waals surface area contributed by atoms with Gasteiger partial charge in [-0.15, -0.1) is 0 Å². The molecule has 0 amide bonds. The summed E-state index contributed by atoms with van der Waals surface area (Å²) in [5, 5.41) is 50.0. The Morgan fingerprint density at radius 3 is 0.768 bits per heavy atom. The van der Waals surface area contributed by atoms with Gasteiger partial charge in [0.1, 0.15) is 0 Å². The van der Waals surface area contributed by atoms with Crippen molar-refractivity contribution in [2.45, 2.75) is 49.7 Å². The molecule has 1 aliphatic heterocycles. The van der Waals surface area contributed by atoms with Crippen LogP contribution in [0.15, 0.2) is 194 Å². The molecular weight excluding hydrogens is 865 g/mol. The molecule has 0 aliphatic carbocycles. The first-order chi connectivity index (χ1) is 33.1. The molecule has 1 heterocycles. The SMILES string of the molecule is Cc1ccc(-c2cccc(C3(C(=O)O)OC(C(=O)O)(c4cccc(-c5ccc(C)cc5)c4)C(C(=O)O)(c4cccc(-c5ccc(C)cc5)c4)C3(C(=O)O)c3cccc(-c4ccc(C)cc4)c3)c2)cc1. The average Bonchev–Trinajstić information content (AvgIpc) is 3.64. The second-order valence-corrected chi connectivity index (χ2v) is 18.0. The fourth-order valence-corrected chi connectivity index (χ4v) is 10.5. The number of hydrogen-bond donors (Lipinski definition) is 4. The van der Waals surface area contributed by atoms with Crippen molar-refractivity contribution in [3.05, 3.63) is 239 Å². The molecule has 4 N–H and O–H groups in total. The van der Waals surface area contributed by atoms with E-state index >= 15 is 19.2 Å². The van der Waals surface area contributed by atoms with Crippen LogP contribution in [0.4, 0.5) is 0 Å². The van der Waals surface area contributed by atoms with Crippen LogP contribution in [0.3, 0.4) is 0 Å². The topological polar surface area (TPSA) is 158 Å². The van der Waals surface area contributed by atoms with Crippen LogP contribution in [0, 0.1) is 27.7 Å². The molecule has 0 aromatic heterocycles. The zero-order valence-electron chi connectivity index (χ0n) is 38.3. The molecule has 342 valence electrons. The van der Waals surface area contributed by atoms with Crippen LogP contribution in [-0.2, 0) is 45.9 Å². The van der Waals surface area contributed by atoms with E-state index in [4.69, 9.17) is 4.74 Å². The predicted octanol–water partition coefficient (Wildman–Crippen LogP) is 11.9. The summed E-state index contributed by atoms with van der Waals surface area (Å²) >= 11 is 0. The van der Waals surface area contributed by atoms with Gasteiger partial charge in [0.25, 0.3) is 0 Å². The molecule has 9 nitrogen and oxygen atoms in total. The van der Waals surface area contributed by atoms with Gasteiger partial charge in [0.2, 0.25) is 11.2 Å². The summed E-state index contributed by atoms with van der Waals surface area (Å²) < 4.78 is 7.08. The van der Waals surface area contributed by atoms with E-state index in [2.05, 4.69) is 0 Å². The average molecular weight is 913 g/mol. The normalized spacial score (nSPS) is 20.8. The van der Waals surface area contributed by atoms with Crippen LogP contribution in [0.5, 0.6) is 0 Å². The van der Waals surface area contributed by atoms with E-state index < -0.39 is 45.9 Å². The molecule has 9 heteroatoms. The number of hydrogen-bond acceptors (Lipinski definition) is 5. The van der Waals surface area contributed by atoms with Gasteiger partial charge in [-0.05, 0) is 119 Å². The van der Waals surface area contributed by atoms with Crippen LogP contribution in [-0.4, -0.2) is 44.3 Å². The summed E-state index contributed by atoms with van der Waals surface area (Å²) in [4.78, 5) is 61.8. The molecule has 4 atom stereocenters. The third kappa shape index (κ3) is 6.96. The van der Waals surface area contributed by atoms with Crippen LogP contribution < -0.4 is 0 Å². The number of ether oxygens (including phenoxy) is 1. The van der Waals surface area contributed by atoms with Gasteiger partial charge in [0.05, 0.1) is 0 Å². The maximum atomic E-state index is 15.7. The standard InChI is InChI=1S/C60H48O9/c1-37-17-25-41(26-18-37)45-9-5-13-49(33-45)57(53(61)62)58(54(63)64,50-14-6-10-46(34-50)42-27-19-38(2)20-28-42)60(56(67)68,52-16-8-12-48(36-52)44-31-23-40(4)24-32-44)69-59(57,55(65)66)51-15-7-11-47(35-51)43-29-21-39(3)22-30-43/h5-36H,1-4H3,(H,61,62)(H,63,64)(H,65,66)(H,67,68). The molecule has 1 saturated heterocycles. The van der Waals surface area contributed by atoms with E-state index in [9.17, 15) is 20.4 Å². The molecular formula is C60H48O9. The Labute approximate surface area is 399 Å². The smallest absolute Gasteiger partial charge is 0.342 e. The molecule has 69 heavy (non-hydrogen) atoms. The highest BCUT2D eigenvalue weighted by Crippen LogP contribution is 2.72. The molecule has 0 radical (unpaired) electrons. The third-order valence-electron chi connectivity index (χ3n) is 13.8. The summed E-state index contributed by atoms with van der Waals surface area (Å²) in [7, 11) is 0. The van der Waals surface area contributed by atoms with Gasteiger partial charge in [-0.1, -0.05) is 192 Å². The van der Waals surface area contributed by atoms with Crippen molar-refractivity contribution in [1.29, 1.82) is 0 Å². The van der Waals surface area contributed by atoms with Gasteiger partial charge in [0.15, 0.2) is 10.8 Å². The maximum Gasteiger partial charge on any atom is 0.342 e. The summed E-state index contributed by atoms with van der Waals surface area (Å²) in [6, 6.07) is 53.7. The van der Waals surface area contributed by atoms with E-state index in [0.29, 0.717) is 44.5 Å². The first kappa shape index (κ1) is 45.7. The molecule has 0 saturated carbocycles. The molecule has 8 aromatic rings. The Hall–Kier alpha value is -8.40. The molecule has 9 rings (SSSR count). The minimum atomic E-state index is -3.37. The number of benzene rings is 8. The lowest BCUT2D eigenvalue weighted by Crippen LogP contribution is -2.70. The highest BCUT2D eigenvalue weighted by atomic mass is 16.6. The lowest BCUT2D eigenvalue weighted by Gasteiger charge is -2.48. The third-order valence-corrected chi connectivity index (χ3v) is 13.8. The van der Waals surface area contributed by atoms with Gasteiger partial charge in [0, 0.05) is 0 Å². The van der Waals surface area contributed by atoms with Crippen LogP contribution >= 0.6 is 0 Å². The Morgan fingerprint density at radius 2 is 0.536 bits per heavy atom. The van der Waals surface area contributed by atoms with E-state index in [1.807, 2.05) is 125 Å². The van der Waals surface area contributed by atoms with Crippen molar-refractivity contribution < 1.29 is 44.3 Å². The Bertz CT molecular complexity index is 3080. The molecule has 8 aromatic carbocycles. The van der Waals surface area contributed by atoms with E-state index in [0.717, 1.165) is 22.3 Å². The van der Waals surface area contributed by atoms with E-state index in [1.165, 1.54) is 72.8 Å². The first-order valence-electron chi connectivity index (χ1n) is 22.4. The fourth-order valence-electron chi connectivity index (χ4n) is 10.5. The van der Waals surface area contributed by atoms with Crippen LogP contribution in [0.1, 0.15) is 44.5 Å². The van der Waals surface area contributed by atoms with Crippen LogP contribution in [0.2, 0.25) is 0 Å². The first-order valence-corrected chi connectivity index (χ1v) is 22.4. The van der Waals surface area contributed by atoms with Gasteiger partial charge in [-0.3, -0.25) is 9.59 Å². The summed E-state index contributed by atoms with van der Waals surface area (Å²) in [5.74, 6) is -7.75. The second-order valence-electron chi connectivity index (χ2n) is 18.0. The molecule has 1 aliphatic rings. The van der Waals surface area contributed by atoms with Gasteiger partial charge >= 0.3 is 23.9 Å². The Balaban J connectivity index is 1.52. The number of aliphatic carboxylic acids is 4. The largest absolute Gasteiger partial charge is 0.480 e. The van der Waals surface area contributed by atoms with Gasteiger partial charge in [-0.25, -0.2) is 9.59 Å². The lowest BCUT2D eigenvalue weighted by atomic mass is 9.45. The van der Waals surface area contributed by atoms with E-state index in [1.54, 1.807) is 24.3 Å². The van der Waals surface area contributed by atoms with Crippen molar-refractivity contribution >= 4 is 23.9 Å². The van der Waals surface area contributed by atoms with Gasteiger partial charge < -0.3 is 25.2 Å². The second kappa shape index (κ2) is 17.4. The minimum absolute atomic E-state index is 0.297. The summed E-state index contributed by atoms with van der Waals surface area (Å²) in [6.45, 7) is 7.65. The number of aryl methyl sites for hydroxylation is 4. The molecule has 0 spiro atoms. The number of carboxylic acids is 4. The number of carboxylic acid groups (broad SMARTS) is 4. The van der Waals surface area contributed by atoms with Crippen LogP contribution in [0.25, 0.3) is 44.5 Å². The summed E-state index contributed by atoms with van der Waals surface area (Å²) in [5.41, 5.74) is -6.63. The van der Waals surface area contributed by atoms with Gasteiger partial charge in [-0.2, -0.15) is 0 Å². The minimum Gasteiger partial charge on any atom is -0.480 e. The van der Waals surface area contributed by atoms with Crippen molar-refractivity contribution in [3.63, 3.8) is 0 Å². The fraction of sp³-hybridized carbons (Fsp3) is 0.133. The quantitative estimate of drug-likeness (QED) is 0.0936. The molecule has 4 unspecified atom stereocenters. The Morgan fingerprint density at radius 1 is 0.304 bits per heavy atom. The number of rotatable bonds is 12. The van der Waals surface area contributed by atoms with Crippen molar-refractivity contribution in [2.24, 2.45) is 0 Å². The zero-order valence-corrected chi connectivity index (χ0v) is 38.3. The highest BCUT2D eigenvalue weighted by molar-refractivity contribution is 6.10. The zero-order chi connectivity index (χ0) is 48.9. The van der Waals surface area contributed by atoms with Crippen molar-refractivity contribution in [3.8, 4) is 44.5 Å². The summed E-state index contributed by atoms with van der Waals surface area (Å²) in [6.07, 6.45) is 0. The molecule has 0 bridgehead atoms.